The number of amides is 2. The van der Waals surface area contributed by atoms with E-state index in [4.69, 9.17) is 14.2 Å². The molecule has 8 heteroatoms. The number of rotatable bonds is 6. The van der Waals surface area contributed by atoms with Crippen molar-refractivity contribution in [3.05, 3.63) is 0 Å². The van der Waals surface area contributed by atoms with Crippen molar-refractivity contribution < 1.29 is 28.6 Å². The van der Waals surface area contributed by atoms with Crippen molar-refractivity contribution in [2.24, 2.45) is 0 Å². The highest BCUT2D eigenvalue weighted by molar-refractivity contribution is 5.86. The van der Waals surface area contributed by atoms with E-state index in [9.17, 15) is 14.4 Å². The predicted octanol–water partition coefficient (Wildman–Crippen LogP) is 1.43. The van der Waals surface area contributed by atoms with Crippen molar-refractivity contribution in [2.45, 2.75) is 65.4 Å². The van der Waals surface area contributed by atoms with Gasteiger partial charge in [-0.1, -0.05) is 0 Å². The Labute approximate surface area is 142 Å². The maximum atomic E-state index is 12.6. The molecule has 0 aliphatic carbocycles. The molecule has 0 radical (unpaired) electrons. The van der Waals surface area contributed by atoms with E-state index in [1.165, 1.54) is 13.8 Å². The highest BCUT2D eigenvalue weighted by atomic mass is 16.7. The van der Waals surface area contributed by atoms with E-state index in [0.29, 0.717) is 13.1 Å². The molecule has 24 heavy (non-hydrogen) atoms. The lowest BCUT2D eigenvalue weighted by atomic mass is 10.2. The average molecular weight is 344 g/mol. The van der Waals surface area contributed by atoms with Gasteiger partial charge >= 0.3 is 12.1 Å². The minimum atomic E-state index is -1.03. The van der Waals surface area contributed by atoms with Crippen LogP contribution in [0.15, 0.2) is 0 Å². The van der Waals surface area contributed by atoms with Gasteiger partial charge in [0.05, 0.1) is 12.2 Å². The molecular formula is C16H28N2O6. The first-order valence-electron chi connectivity index (χ1n) is 8.15. The largest absolute Gasteiger partial charge is 0.426 e. The molecule has 0 aromatic carbocycles. The van der Waals surface area contributed by atoms with Gasteiger partial charge in [-0.2, -0.15) is 0 Å². The molecule has 8 nitrogen and oxygen atoms in total. The van der Waals surface area contributed by atoms with Crippen LogP contribution in [0, 0.1) is 0 Å². The van der Waals surface area contributed by atoms with Crippen molar-refractivity contribution in [1.82, 2.24) is 10.2 Å². The minimum absolute atomic E-state index is 0.0376. The van der Waals surface area contributed by atoms with E-state index in [1.54, 1.807) is 4.90 Å². The standard InChI is InChI=1S/C16H28N2O6/c1-11(19)23-12(2)24-15(21)17-13(10-22-16(3,4)5)14(20)18-8-6-7-9-18/h12-13H,6-10H2,1-5H3,(H,17,21)/t12?,13-/m0/s1. The Bertz CT molecular complexity index is 454. The number of carbonyl (C=O) groups is 3. The second kappa shape index (κ2) is 8.86. The SMILES string of the molecule is CC(=O)OC(C)OC(=O)N[C@@H](COC(C)(C)C)C(=O)N1CCCC1. The predicted molar refractivity (Wildman–Crippen MR) is 86.2 cm³/mol. The van der Waals surface area contributed by atoms with E-state index < -0.39 is 30.0 Å². The summed E-state index contributed by atoms with van der Waals surface area (Å²) in [5, 5.41) is 2.50. The van der Waals surface area contributed by atoms with Crippen LogP contribution in [0.25, 0.3) is 0 Å². The molecule has 2 amide bonds. The van der Waals surface area contributed by atoms with Gasteiger partial charge in [-0.3, -0.25) is 9.59 Å². The van der Waals surface area contributed by atoms with E-state index in [-0.39, 0.29) is 12.5 Å². The summed E-state index contributed by atoms with van der Waals surface area (Å²) in [6.45, 7) is 9.62. The second-order valence-electron chi connectivity index (χ2n) is 6.74. The number of ether oxygens (including phenoxy) is 3. The molecule has 138 valence electrons. The first kappa shape index (κ1) is 20.2. The molecular weight excluding hydrogens is 316 g/mol. The Morgan fingerprint density at radius 3 is 2.21 bits per heavy atom. The summed E-state index contributed by atoms with van der Waals surface area (Å²) in [7, 11) is 0. The number of hydrogen-bond acceptors (Lipinski definition) is 6. The average Bonchev–Trinajstić information content (AvgIpc) is 2.94. The highest BCUT2D eigenvalue weighted by Crippen LogP contribution is 2.12. The third-order valence-electron chi connectivity index (χ3n) is 3.30. The first-order chi connectivity index (χ1) is 11.1. The fraction of sp³-hybridized carbons (Fsp3) is 0.812. The molecule has 1 rings (SSSR count). The van der Waals surface area contributed by atoms with Gasteiger partial charge in [0.1, 0.15) is 6.04 Å². The number of alkyl carbamates (subject to hydrolysis) is 1. The van der Waals surface area contributed by atoms with Crippen molar-refractivity contribution in [2.75, 3.05) is 19.7 Å². The quantitative estimate of drug-likeness (QED) is 0.579. The zero-order valence-electron chi connectivity index (χ0n) is 15.1. The van der Waals surface area contributed by atoms with Crippen LogP contribution in [0.1, 0.15) is 47.5 Å². The summed E-state index contributed by atoms with van der Waals surface area (Å²) in [4.78, 5) is 37.0. The topological polar surface area (TPSA) is 94.2 Å². The summed E-state index contributed by atoms with van der Waals surface area (Å²) in [5.74, 6) is -0.759. The van der Waals surface area contributed by atoms with E-state index in [2.05, 4.69) is 5.32 Å². The summed E-state index contributed by atoms with van der Waals surface area (Å²) in [6.07, 6.45) is 0.0337. The minimum Gasteiger partial charge on any atom is -0.426 e. The van der Waals surface area contributed by atoms with Gasteiger partial charge in [-0.15, -0.1) is 0 Å². The number of likely N-dealkylation sites (tertiary alicyclic amines) is 1. The summed E-state index contributed by atoms with van der Waals surface area (Å²) < 4.78 is 15.3. The molecule has 1 heterocycles. The van der Waals surface area contributed by atoms with Gasteiger partial charge in [0.15, 0.2) is 0 Å². The molecule has 1 fully saturated rings. The molecule has 0 aromatic rings. The monoisotopic (exact) mass is 344 g/mol. The van der Waals surface area contributed by atoms with Gasteiger partial charge in [-0.25, -0.2) is 4.79 Å². The molecule has 0 aromatic heterocycles. The molecule has 1 unspecified atom stereocenters. The van der Waals surface area contributed by atoms with Crippen molar-refractivity contribution in [3.63, 3.8) is 0 Å². The second-order valence-corrected chi connectivity index (χ2v) is 6.74. The fourth-order valence-electron chi connectivity index (χ4n) is 2.25. The number of nitrogens with zero attached hydrogens (tertiary/aromatic N) is 1. The number of carbonyl (C=O) groups excluding carboxylic acids is 3. The Morgan fingerprint density at radius 2 is 1.71 bits per heavy atom. The first-order valence-corrected chi connectivity index (χ1v) is 8.15. The molecule has 0 spiro atoms. The lowest BCUT2D eigenvalue weighted by Crippen LogP contribution is -2.51. The molecule has 2 atom stereocenters. The summed E-state index contributed by atoms with van der Waals surface area (Å²) >= 11 is 0. The Kier molecular flexibility index (Phi) is 7.47. The van der Waals surface area contributed by atoms with Gasteiger partial charge in [0.25, 0.3) is 0 Å². The van der Waals surface area contributed by atoms with E-state index in [1.807, 2.05) is 20.8 Å². The van der Waals surface area contributed by atoms with Crippen LogP contribution in [-0.2, 0) is 23.8 Å². The number of nitrogens with one attached hydrogen (secondary N) is 1. The highest BCUT2D eigenvalue weighted by Gasteiger charge is 2.30. The number of esters is 1. The van der Waals surface area contributed by atoms with Gasteiger partial charge < -0.3 is 24.4 Å². The van der Waals surface area contributed by atoms with E-state index >= 15 is 0 Å². The molecule has 1 aliphatic rings. The maximum absolute atomic E-state index is 12.6. The van der Waals surface area contributed by atoms with Crippen molar-refractivity contribution in [3.8, 4) is 0 Å². The lowest BCUT2D eigenvalue weighted by molar-refractivity contribution is -0.162. The maximum Gasteiger partial charge on any atom is 0.410 e. The summed E-state index contributed by atoms with van der Waals surface area (Å²) in [6, 6.07) is -0.848. The Morgan fingerprint density at radius 1 is 1.12 bits per heavy atom. The van der Waals surface area contributed by atoms with Crippen LogP contribution in [-0.4, -0.2) is 60.5 Å². The Hall–Kier alpha value is -1.83. The normalized spacial score (nSPS) is 17.1. The van der Waals surface area contributed by atoms with Crippen molar-refractivity contribution >= 4 is 18.0 Å². The lowest BCUT2D eigenvalue weighted by Gasteiger charge is -2.27. The molecule has 1 saturated heterocycles. The van der Waals surface area contributed by atoms with Crippen LogP contribution in [0.5, 0.6) is 0 Å². The smallest absolute Gasteiger partial charge is 0.410 e. The fourth-order valence-corrected chi connectivity index (χ4v) is 2.25. The Balaban J connectivity index is 2.64. The molecule has 0 saturated carbocycles. The molecule has 1 N–H and O–H groups in total. The molecule has 0 bridgehead atoms. The van der Waals surface area contributed by atoms with Crippen LogP contribution in [0.3, 0.4) is 0 Å². The summed E-state index contributed by atoms with van der Waals surface area (Å²) in [5.41, 5.74) is -0.444. The third kappa shape index (κ3) is 7.63. The van der Waals surface area contributed by atoms with Crippen LogP contribution >= 0.6 is 0 Å². The zero-order valence-corrected chi connectivity index (χ0v) is 15.1. The number of hydrogen-bond donors (Lipinski definition) is 1. The van der Waals surface area contributed by atoms with Crippen LogP contribution in [0.4, 0.5) is 4.79 Å². The van der Waals surface area contributed by atoms with Crippen LogP contribution in [0.2, 0.25) is 0 Å². The van der Waals surface area contributed by atoms with Gasteiger partial charge in [0, 0.05) is 26.9 Å². The van der Waals surface area contributed by atoms with Gasteiger partial charge in [-0.05, 0) is 33.6 Å². The van der Waals surface area contributed by atoms with E-state index in [0.717, 1.165) is 12.8 Å². The van der Waals surface area contributed by atoms with Gasteiger partial charge in [0.2, 0.25) is 12.2 Å². The molecule has 1 aliphatic heterocycles. The third-order valence-corrected chi connectivity index (χ3v) is 3.30. The van der Waals surface area contributed by atoms with Crippen molar-refractivity contribution in [1.29, 1.82) is 0 Å². The zero-order chi connectivity index (χ0) is 18.3. The van der Waals surface area contributed by atoms with Crippen LogP contribution < -0.4 is 5.32 Å².